The highest BCUT2D eigenvalue weighted by molar-refractivity contribution is 6.29. The minimum absolute atomic E-state index is 0.692. The van der Waals surface area contributed by atoms with E-state index < -0.39 is 0 Å². The molecule has 12 rings (SSSR count). The Kier molecular flexibility index (Phi) is 7.82. The Morgan fingerprint density at radius 1 is 0.300 bits per heavy atom. The number of rotatable bonds is 6. The molecule has 0 N–H and O–H groups in total. The third-order valence-electron chi connectivity index (χ3n) is 11.9. The van der Waals surface area contributed by atoms with E-state index >= 15 is 0 Å². The second kappa shape index (κ2) is 13.8. The van der Waals surface area contributed by atoms with Crippen molar-refractivity contribution in [1.29, 1.82) is 0 Å². The second-order valence-electron chi connectivity index (χ2n) is 15.4. The summed E-state index contributed by atoms with van der Waals surface area (Å²) in [4.78, 5) is 10.5. The van der Waals surface area contributed by atoms with Gasteiger partial charge in [0.15, 0.2) is 5.82 Å². The molecule has 0 bridgehead atoms. The Labute approximate surface area is 346 Å². The van der Waals surface area contributed by atoms with Crippen molar-refractivity contribution in [2.24, 2.45) is 0 Å². The molecule has 0 saturated carbocycles. The quantitative estimate of drug-likeness (QED) is 0.169. The van der Waals surface area contributed by atoms with Gasteiger partial charge in [0.1, 0.15) is 0 Å². The van der Waals surface area contributed by atoms with Crippen LogP contribution in [0.15, 0.2) is 218 Å². The first kappa shape index (κ1) is 34.0. The molecule has 4 heteroatoms. The molecule has 3 aromatic heterocycles. The Morgan fingerprint density at radius 2 is 0.850 bits per heavy atom. The summed E-state index contributed by atoms with van der Waals surface area (Å²) in [6.45, 7) is 0. The number of hydrogen-bond acceptors (Lipinski definition) is 2. The van der Waals surface area contributed by atoms with Gasteiger partial charge < -0.3 is 9.13 Å². The van der Waals surface area contributed by atoms with Gasteiger partial charge in [0.25, 0.3) is 0 Å². The summed E-state index contributed by atoms with van der Waals surface area (Å²) >= 11 is 0. The molecule has 0 aliphatic carbocycles. The van der Waals surface area contributed by atoms with Gasteiger partial charge in [0, 0.05) is 49.3 Å². The van der Waals surface area contributed by atoms with Gasteiger partial charge in [-0.05, 0) is 77.2 Å². The van der Waals surface area contributed by atoms with E-state index in [1.807, 2.05) is 6.07 Å². The van der Waals surface area contributed by atoms with Gasteiger partial charge in [-0.25, -0.2) is 9.97 Å². The number of para-hydroxylation sites is 3. The van der Waals surface area contributed by atoms with Gasteiger partial charge >= 0.3 is 0 Å². The van der Waals surface area contributed by atoms with Crippen molar-refractivity contribution in [2.45, 2.75) is 0 Å². The summed E-state index contributed by atoms with van der Waals surface area (Å²) in [5.74, 6) is 0.692. The summed E-state index contributed by atoms with van der Waals surface area (Å²) in [6.07, 6.45) is 0. The first-order chi connectivity index (χ1) is 29.8. The maximum Gasteiger partial charge on any atom is 0.160 e. The normalized spacial score (nSPS) is 11.7. The number of fused-ring (bicyclic) bond motifs is 8. The van der Waals surface area contributed by atoms with Crippen LogP contribution >= 0.6 is 0 Å². The van der Waals surface area contributed by atoms with Crippen LogP contribution in [0, 0.1) is 0 Å². The molecule has 60 heavy (non-hydrogen) atoms. The van der Waals surface area contributed by atoms with Crippen molar-refractivity contribution in [3.63, 3.8) is 0 Å². The van der Waals surface area contributed by atoms with Gasteiger partial charge in [0.05, 0.1) is 39.1 Å². The van der Waals surface area contributed by atoms with E-state index in [0.717, 1.165) is 55.8 Å². The lowest BCUT2D eigenvalue weighted by molar-refractivity contribution is 1.18. The Bertz CT molecular complexity index is 3580. The van der Waals surface area contributed by atoms with E-state index in [1.165, 1.54) is 49.2 Å². The zero-order chi connectivity index (χ0) is 39.6. The van der Waals surface area contributed by atoms with Crippen LogP contribution in [0.1, 0.15) is 0 Å². The Hall–Kier alpha value is -8.08. The van der Waals surface area contributed by atoms with Gasteiger partial charge in [-0.1, -0.05) is 158 Å². The Morgan fingerprint density at radius 3 is 1.57 bits per heavy atom. The van der Waals surface area contributed by atoms with Crippen LogP contribution in [0.2, 0.25) is 0 Å². The molecule has 0 fully saturated rings. The monoisotopic (exact) mass is 764 g/mol. The van der Waals surface area contributed by atoms with Crippen LogP contribution in [0.4, 0.5) is 0 Å². The topological polar surface area (TPSA) is 35.6 Å². The van der Waals surface area contributed by atoms with E-state index in [2.05, 4.69) is 221 Å². The third kappa shape index (κ3) is 5.46. The van der Waals surface area contributed by atoms with Gasteiger partial charge in [0.2, 0.25) is 0 Å². The highest BCUT2D eigenvalue weighted by Gasteiger charge is 2.21. The molecule has 12 aromatic rings. The lowest BCUT2D eigenvalue weighted by Gasteiger charge is -2.14. The fourth-order valence-corrected chi connectivity index (χ4v) is 9.20. The second-order valence-corrected chi connectivity index (χ2v) is 15.4. The van der Waals surface area contributed by atoms with Crippen LogP contribution in [0.3, 0.4) is 0 Å². The maximum atomic E-state index is 5.25. The van der Waals surface area contributed by atoms with Gasteiger partial charge in [-0.15, -0.1) is 0 Å². The average Bonchev–Trinajstić information content (AvgIpc) is 3.85. The maximum absolute atomic E-state index is 5.25. The van der Waals surface area contributed by atoms with Crippen molar-refractivity contribution in [3.8, 4) is 56.4 Å². The molecule has 4 nitrogen and oxygen atoms in total. The zero-order valence-corrected chi connectivity index (χ0v) is 32.6. The summed E-state index contributed by atoms with van der Waals surface area (Å²) in [5.41, 5.74) is 14.2. The van der Waals surface area contributed by atoms with Crippen molar-refractivity contribution in [1.82, 2.24) is 19.1 Å². The molecule has 3 heterocycles. The van der Waals surface area contributed by atoms with Crippen molar-refractivity contribution in [2.75, 3.05) is 0 Å². The zero-order valence-electron chi connectivity index (χ0n) is 32.6. The molecule has 0 amide bonds. The lowest BCUT2D eigenvalue weighted by atomic mass is 10.0. The fraction of sp³-hybridized carbons (Fsp3) is 0. The van der Waals surface area contributed by atoms with Crippen molar-refractivity contribution in [3.05, 3.63) is 218 Å². The van der Waals surface area contributed by atoms with Gasteiger partial charge in [-0.3, -0.25) is 0 Å². The number of nitrogens with zero attached hydrogens (tertiary/aromatic N) is 4. The van der Waals surface area contributed by atoms with Crippen LogP contribution in [0.5, 0.6) is 0 Å². The number of aromatic nitrogens is 4. The molecular formula is C56H36N4. The average molecular weight is 765 g/mol. The number of benzene rings is 9. The first-order valence-corrected chi connectivity index (χ1v) is 20.4. The molecule has 0 unspecified atom stereocenters. The summed E-state index contributed by atoms with van der Waals surface area (Å²) in [6, 6.07) is 77.8. The Balaban J connectivity index is 1.04. The third-order valence-corrected chi connectivity index (χ3v) is 11.9. The minimum Gasteiger partial charge on any atom is -0.309 e. The molecule has 0 saturated heterocycles. The van der Waals surface area contributed by atoms with Crippen LogP contribution in [-0.2, 0) is 0 Å². The summed E-state index contributed by atoms with van der Waals surface area (Å²) in [7, 11) is 0. The van der Waals surface area contributed by atoms with Crippen molar-refractivity contribution >= 4 is 54.4 Å². The molecule has 0 radical (unpaired) electrons. The van der Waals surface area contributed by atoms with Crippen LogP contribution < -0.4 is 0 Å². The standard InChI is InChI=1S/C56H36N4/c1-4-16-37(17-5-1)39-20-14-22-41(34-39)48-36-47(38-18-6-2-7-19-38)57-56(58-48)42-30-31-44-40(35-42)21-15-29-49(44)60-51-28-13-11-26-46(51)55-53(60)33-32-52-54(55)45-25-10-12-27-50(45)59(52)43-23-8-3-9-24-43/h1-36H. The highest BCUT2D eigenvalue weighted by atomic mass is 15.0. The van der Waals surface area contributed by atoms with E-state index in [9.17, 15) is 0 Å². The molecule has 0 aliphatic rings. The largest absolute Gasteiger partial charge is 0.309 e. The SMILES string of the molecule is c1ccc(-c2cccc(-c3cc(-c4ccccc4)nc(-c4ccc5c(-n6c7ccccc7c7c8c9ccccc9n(-c9ccccc9)c8ccc76)cccc5c4)n3)c2)cc1. The van der Waals surface area contributed by atoms with Crippen molar-refractivity contribution < 1.29 is 0 Å². The molecule has 9 aromatic carbocycles. The van der Waals surface area contributed by atoms with E-state index in [4.69, 9.17) is 9.97 Å². The molecular weight excluding hydrogens is 729 g/mol. The fourth-order valence-electron chi connectivity index (χ4n) is 9.20. The van der Waals surface area contributed by atoms with Crippen LogP contribution in [0.25, 0.3) is 111 Å². The van der Waals surface area contributed by atoms with Gasteiger partial charge in [-0.2, -0.15) is 0 Å². The highest BCUT2D eigenvalue weighted by Crippen LogP contribution is 2.43. The molecule has 280 valence electrons. The first-order valence-electron chi connectivity index (χ1n) is 20.4. The van der Waals surface area contributed by atoms with Crippen LogP contribution in [-0.4, -0.2) is 19.1 Å². The summed E-state index contributed by atoms with van der Waals surface area (Å²) in [5, 5.41) is 7.29. The van der Waals surface area contributed by atoms with E-state index in [0.29, 0.717) is 5.82 Å². The lowest BCUT2D eigenvalue weighted by Crippen LogP contribution is -1.98. The molecule has 0 aliphatic heterocycles. The summed E-state index contributed by atoms with van der Waals surface area (Å²) < 4.78 is 4.85. The smallest absolute Gasteiger partial charge is 0.160 e. The molecule has 0 spiro atoms. The van der Waals surface area contributed by atoms with E-state index in [-0.39, 0.29) is 0 Å². The predicted octanol–water partition coefficient (Wildman–Crippen LogP) is 14.5. The van der Waals surface area contributed by atoms with E-state index in [1.54, 1.807) is 0 Å². The molecule has 0 atom stereocenters. The number of hydrogen-bond donors (Lipinski definition) is 0. The minimum atomic E-state index is 0.692. The predicted molar refractivity (Wildman–Crippen MR) is 250 cm³/mol.